The van der Waals surface area contributed by atoms with Gasteiger partial charge in [0.15, 0.2) is 6.04 Å². The zero-order valence-electron chi connectivity index (χ0n) is 18.2. The van der Waals surface area contributed by atoms with Gasteiger partial charge in [0.2, 0.25) is 0 Å². The molecule has 0 fully saturated rings. The van der Waals surface area contributed by atoms with Gasteiger partial charge in [0.1, 0.15) is 11.5 Å². The lowest BCUT2D eigenvalue weighted by Gasteiger charge is -2.14. The highest BCUT2D eigenvalue weighted by Crippen LogP contribution is 2.33. The van der Waals surface area contributed by atoms with Crippen molar-refractivity contribution < 1.29 is 20.1 Å². The van der Waals surface area contributed by atoms with Crippen LogP contribution in [0.1, 0.15) is 16.7 Å². The van der Waals surface area contributed by atoms with Crippen LogP contribution in [0, 0.1) is 0 Å². The first-order valence-electron chi connectivity index (χ1n) is 10.4. The summed E-state index contributed by atoms with van der Waals surface area (Å²) in [6.07, 6.45) is 2.46. The molecule has 1 aliphatic rings. The second-order valence-corrected chi connectivity index (χ2v) is 8.01. The Labute approximate surface area is 187 Å². The van der Waals surface area contributed by atoms with Gasteiger partial charge in [-0.3, -0.25) is 9.59 Å². The molecule has 1 atom stereocenters. The zero-order valence-corrected chi connectivity index (χ0v) is 18.2. The van der Waals surface area contributed by atoms with E-state index < -0.39 is 0 Å². The SMILES string of the molecule is CN(C)C(=O)[C@@H]([NH3+])Cc1ccc(Oc2ccc(/C=C3/C(=O)Nc4ccccc43)cc2)cc1. The fourth-order valence-corrected chi connectivity index (χ4v) is 3.65. The summed E-state index contributed by atoms with van der Waals surface area (Å²) in [5, 5.41) is 2.88. The maximum atomic E-state index is 12.3. The smallest absolute Gasteiger partial charge is 0.280 e. The van der Waals surface area contributed by atoms with Crippen molar-refractivity contribution in [2.75, 3.05) is 19.4 Å². The molecule has 0 aliphatic carbocycles. The first kappa shape index (κ1) is 21.3. The Kier molecular flexibility index (Phi) is 6.05. The number of anilines is 1. The quantitative estimate of drug-likeness (QED) is 0.591. The van der Waals surface area contributed by atoms with Gasteiger partial charge in [0, 0.05) is 37.3 Å². The molecule has 0 saturated heterocycles. The Morgan fingerprint density at radius 2 is 1.62 bits per heavy atom. The monoisotopic (exact) mass is 428 g/mol. The van der Waals surface area contributed by atoms with Gasteiger partial charge in [-0.15, -0.1) is 0 Å². The summed E-state index contributed by atoms with van der Waals surface area (Å²) in [5.41, 5.74) is 8.31. The van der Waals surface area contributed by atoms with Crippen molar-refractivity contribution >= 4 is 29.2 Å². The molecule has 0 bridgehead atoms. The van der Waals surface area contributed by atoms with Crippen LogP contribution in [-0.2, 0) is 16.0 Å². The van der Waals surface area contributed by atoms with Crippen molar-refractivity contribution in [1.82, 2.24) is 4.90 Å². The summed E-state index contributed by atoms with van der Waals surface area (Å²) in [7, 11) is 3.47. The minimum atomic E-state index is -0.313. The van der Waals surface area contributed by atoms with Crippen molar-refractivity contribution in [2.24, 2.45) is 0 Å². The number of fused-ring (bicyclic) bond motifs is 1. The lowest BCUT2D eigenvalue weighted by molar-refractivity contribution is -0.404. The summed E-state index contributed by atoms with van der Waals surface area (Å²) in [5.74, 6) is 1.33. The predicted molar refractivity (Wildman–Crippen MR) is 125 cm³/mol. The Morgan fingerprint density at radius 1 is 1.00 bits per heavy atom. The average molecular weight is 429 g/mol. The molecule has 0 radical (unpaired) electrons. The molecular formula is C26H26N3O3+. The van der Waals surface area contributed by atoms with Crippen LogP contribution in [0.3, 0.4) is 0 Å². The molecule has 3 aromatic rings. The number of rotatable bonds is 6. The number of carbonyl (C=O) groups is 2. The summed E-state index contributed by atoms with van der Waals surface area (Å²) >= 11 is 0. The van der Waals surface area contributed by atoms with Gasteiger partial charge >= 0.3 is 0 Å². The van der Waals surface area contributed by atoms with Crippen LogP contribution in [-0.4, -0.2) is 36.9 Å². The predicted octanol–water partition coefficient (Wildman–Crippen LogP) is 3.21. The number of hydrogen-bond donors (Lipinski definition) is 2. The van der Waals surface area contributed by atoms with Crippen LogP contribution in [0.2, 0.25) is 0 Å². The number of carbonyl (C=O) groups excluding carboxylic acids is 2. The van der Waals surface area contributed by atoms with Crippen LogP contribution in [0.15, 0.2) is 72.8 Å². The number of nitrogens with zero attached hydrogens (tertiary/aromatic N) is 1. The molecule has 1 aliphatic heterocycles. The van der Waals surface area contributed by atoms with Crippen LogP contribution < -0.4 is 15.8 Å². The van der Waals surface area contributed by atoms with E-state index in [1.54, 1.807) is 19.0 Å². The molecule has 162 valence electrons. The lowest BCUT2D eigenvalue weighted by Crippen LogP contribution is -2.68. The molecule has 0 saturated carbocycles. The molecule has 6 heteroatoms. The van der Waals surface area contributed by atoms with E-state index in [0.717, 1.165) is 22.4 Å². The largest absolute Gasteiger partial charge is 0.457 e. The van der Waals surface area contributed by atoms with Crippen LogP contribution in [0.4, 0.5) is 5.69 Å². The summed E-state index contributed by atoms with van der Waals surface area (Å²) in [4.78, 5) is 25.8. The Bertz CT molecular complexity index is 1170. The van der Waals surface area contributed by atoms with Gasteiger partial charge in [-0.2, -0.15) is 0 Å². The van der Waals surface area contributed by atoms with Crippen molar-refractivity contribution in [3.05, 3.63) is 89.5 Å². The number of hydrogen-bond acceptors (Lipinski definition) is 3. The molecule has 4 rings (SSSR count). The van der Waals surface area contributed by atoms with Gasteiger partial charge in [-0.25, -0.2) is 0 Å². The molecule has 3 aromatic carbocycles. The third-order valence-corrected chi connectivity index (χ3v) is 5.33. The van der Waals surface area contributed by atoms with E-state index in [2.05, 4.69) is 11.1 Å². The number of nitrogens with one attached hydrogen (secondary N) is 1. The van der Waals surface area contributed by atoms with E-state index in [-0.39, 0.29) is 17.9 Å². The molecule has 32 heavy (non-hydrogen) atoms. The van der Waals surface area contributed by atoms with E-state index >= 15 is 0 Å². The number of para-hydroxylation sites is 1. The first-order valence-corrected chi connectivity index (χ1v) is 10.4. The molecule has 0 aromatic heterocycles. The zero-order chi connectivity index (χ0) is 22.7. The Balaban J connectivity index is 1.41. The Hall–Kier alpha value is -3.90. The third kappa shape index (κ3) is 4.71. The van der Waals surface area contributed by atoms with E-state index in [1.807, 2.05) is 78.9 Å². The van der Waals surface area contributed by atoms with Gasteiger partial charge in [0.25, 0.3) is 11.8 Å². The Morgan fingerprint density at radius 3 is 2.28 bits per heavy atom. The molecule has 0 unspecified atom stereocenters. The highest BCUT2D eigenvalue weighted by Gasteiger charge is 2.23. The number of benzene rings is 3. The van der Waals surface area contributed by atoms with Crippen molar-refractivity contribution in [1.29, 1.82) is 0 Å². The van der Waals surface area contributed by atoms with Crippen molar-refractivity contribution in [2.45, 2.75) is 12.5 Å². The standard InChI is InChI=1S/C26H25N3O3/c1-29(2)26(31)23(27)16-18-9-13-20(14-10-18)32-19-11-7-17(8-12-19)15-22-21-5-3-4-6-24(21)28-25(22)30/h3-15,23H,16,27H2,1-2H3,(H,28,30)/p+1/b22-15+/t23-/m0/s1. The molecule has 4 N–H and O–H groups in total. The van der Waals surface area contributed by atoms with Gasteiger partial charge in [-0.05, 0) is 47.5 Å². The minimum absolute atomic E-state index is 0.0129. The van der Waals surface area contributed by atoms with E-state index in [9.17, 15) is 9.59 Å². The number of likely N-dealkylation sites (N-methyl/N-ethyl adjacent to an activating group) is 1. The molecule has 6 nitrogen and oxygen atoms in total. The van der Waals surface area contributed by atoms with Crippen LogP contribution in [0.5, 0.6) is 11.5 Å². The van der Waals surface area contributed by atoms with Gasteiger partial charge < -0.3 is 20.7 Å². The van der Waals surface area contributed by atoms with Crippen LogP contribution >= 0.6 is 0 Å². The van der Waals surface area contributed by atoms with E-state index in [0.29, 0.717) is 23.5 Å². The maximum Gasteiger partial charge on any atom is 0.280 e. The van der Waals surface area contributed by atoms with E-state index in [1.165, 1.54) is 0 Å². The molecule has 2 amide bonds. The molecular weight excluding hydrogens is 402 g/mol. The number of amides is 2. The average Bonchev–Trinajstić information content (AvgIpc) is 3.10. The number of quaternary nitrogens is 1. The fourth-order valence-electron chi connectivity index (χ4n) is 3.65. The lowest BCUT2D eigenvalue weighted by atomic mass is 10.0. The maximum absolute atomic E-state index is 12.3. The van der Waals surface area contributed by atoms with Crippen LogP contribution in [0.25, 0.3) is 11.6 Å². The van der Waals surface area contributed by atoms with Crippen molar-refractivity contribution in [3.63, 3.8) is 0 Å². The first-order chi connectivity index (χ1) is 15.4. The van der Waals surface area contributed by atoms with Gasteiger partial charge in [0.05, 0.1) is 0 Å². The molecule has 0 spiro atoms. The normalized spacial score (nSPS) is 14.6. The summed E-state index contributed by atoms with van der Waals surface area (Å²) in [6.45, 7) is 0. The van der Waals surface area contributed by atoms with Gasteiger partial charge in [-0.1, -0.05) is 42.5 Å². The summed E-state index contributed by atoms with van der Waals surface area (Å²) in [6, 6.07) is 22.6. The minimum Gasteiger partial charge on any atom is -0.457 e. The fraction of sp³-hybridized carbons (Fsp3) is 0.154. The number of ether oxygens (including phenoxy) is 1. The molecule has 1 heterocycles. The summed E-state index contributed by atoms with van der Waals surface area (Å²) < 4.78 is 5.94. The second kappa shape index (κ2) is 9.08. The second-order valence-electron chi connectivity index (χ2n) is 8.01. The topological polar surface area (TPSA) is 86.3 Å². The van der Waals surface area contributed by atoms with E-state index in [4.69, 9.17) is 4.74 Å². The van der Waals surface area contributed by atoms with Crippen molar-refractivity contribution in [3.8, 4) is 11.5 Å². The third-order valence-electron chi connectivity index (χ3n) is 5.33. The highest BCUT2D eigenvalue weighted by atomic mass is 16.5. The highest BCUT2D eigenvalue weighted by molar-refractivity contribution is 6.34.